The molecule has 0 unspecified atom stereocenters. The Kier molecular flexibility index (Phi) is 2.88. The molecule has 0 aromatic heterocycles. The Hall–Kier alpha value is -1.85. The summed E-state index contributed by atoms with van der Waals surface area (Å²) >= 11 is 0. The molecule has 0 fully saturated rings. The van der Waals surface area contributed by atoms with Crippen LogP contribution in [0.5, 0.6) is 0 Å². The van der Waals surface area contributed by atoms with E-state index in [0.717, 1.165) is 17.0 Å². The molecule has 1 amide bonds. The van der Waals surface area contributed by atoms with Gasteiger partial charge in [-0.25, -0.2) is 0 Å². The lowest BCUT2D eigenvalue weighted by atomic mass is 10.1. The first kappa shape index (κ1) is 12.6. The fourth-order valence-corrected chi connectivity index (χ4v) is 2.02. The largest absolute Gasteiger partial charge is 0.418 e. The van der Waals surface area contributed by atoms with Crippen molar-refractivity contribution >= 4 is 17.4 Å². The predicted octanol–water partition coefficient (Wildman–Crippen LogP) is 2.64. The summed E-state index contributed by atoms with van der Waals surface area (Å²) in [6.45, 7) is 1.83. The number of fused-ring (bicyclic) bond motifs is 1. The number of nitrogens with zero attached hydrogens (tertiary/aromatic N) is 1. The van der Waals surface area contributed by atoms with Crippen molar-refractivity contribution in [2.45, 2.75) is 19.5 Å². The van der Waals surface area contributed by atoms with E-state index in [-0.39, 0.29) is 17.8 Å². The first-order chi connectivity index (χ1) is 8.38. The molecule has 96 valence electrons. The predicted molar refractivity (Wildman–Crippen MR) is 58.4 cm³/mol. The minimum atomic E-state index is -4.58. The highest BCUT2D eigenvalue weighted by Gasteiger charge is 2.43. The molecular weight excluding hydrogens is 247 g/mol. The molecule has 1 aliphatic heterocycles. The fraction of sp³-hybridized carbons (Fsp3) is 0.333. The van der Waals surface area contributed by atoms with E-state index in [4.69, 9.17) is 0 Å². The average molecular weight is 257 g/mol. The van der Waals surface area contributed by atoms with Crippen LogP contribution in [-0.4, -0.2) is 18.2 Å². The standard InChI is InChI=1S/C12H10F3NO2/c1-2-6-16-9-7(10(17)11(16)18)4-3-5-8(9)12(13,14)15/h3-5H,2,6H2,1H3. The molecule has 3 nitrogen and oxygen atoms in total. The Labute approximate surface area is 101 Å². The molecule has 0 radical (unpaired) electrons. The van der Waals surface area contributed by atoms with Crippen LogP contribution in [0.25, 0.3) is 0 Å². The molecule has 0 spiro atoms. The van der Waals surface area contributed by atoms with Gasteiger partial charge in [0.25, 0.3) is 11.7 Å². The van der Waals surface area contributed by atoms with Crippen molar-refractivity contribution in [3.05, 3.63) is 29.3 Å². The van der Waals surface area contributed by atoms with Gasteiger partial charge in [0.2, 0.25) is 0 Å². The van der Waals surface area contributed by atoms with Crippen LogP contribution < -0.4 is 4.90 Å². The zero-order chi connectivity index (χ0) is 13.5. The number of amides is 1. The number of alkyl halides is 3. The molecule has 0 saturated heterocycles. The van der Waals surface area contributed by atoms with Crippen molar-refractivity contribution in [1.29, 1.82) is 0 Å². The smallest absolute Gasteiger partial charge is 0.304 e. The molecule has 0 saturated carbocycles. The van der Waals surface area contributed by atoms with Crippen molar-refractivity contribution in [1.82, 2.24) is 0 Å². The number of hydrogen-bond donors (Lipinski definition) is 0. The van der Waals surface area contributed by atoms with Gasteiger partial charge in [0, 0.05) is 6.54 Å². The summed E-state index contributed by atoms with van der Waals surface area (Å²) in [6.07, 6.45) is -4.10. The van der Waals surface area contributed by atoms with Crippen LogP contribution >= 0.6 is 0 Å². The van der Waals surface area contributed by atoms with E-state index in [0.29, 0.717) is 6.42 Å². The van der Waals surface area contributed by atoms with E-state index >= 15 is 0 Å². The summed E-state index contributed by atoms with van der Waals surface area (Å²) in [7, 11) is 0. The normalized spacial score (nSPS) is 15.2. The number of ketones is 1. The molecule has 6 heteroatoms. The highest BCUT2D eigenvalue weighted by atomic mass is 19.4. The minimum Gasteiger partial charge on any atom is -0.304 e. The van der Waals surface area contributed by atoms with Crippen LogP contribution in [-0.2, 0) is 11.0 Å². The van der Waals surface area contributed by atoms with Gasteiger partial charge in [-0.1, -0.05) is 13.0 Å². The number of anilines is 1. The number of hydrogen-bond acceptors (Lipinski definition) is 2. The van der Waals surface area contributed by atoms with Crippen LogP contribution in [0.1, 0.15) is 29.3 Å². The van der Waals surface area contributed by atoms with Gasteiger partial charge in [-0.2, -0.15) is 13.2 Å². The first-order valence-corrected chi connectivity index (χ1v) is 5.44. The molecule has 1 heterocycles. The van der Waals surface area contributed by atoms with Crippen molar-refractivity contribution in [3.8, 4) is 0 Å². The summed E-state index contributed by atoms with van der Waals surface area (Å²) < 4.78 is 38.6. The number of para-hydroxylation sites is 1. The van der Waals surface area contributed by atoms with E-state index in [9.17, 15) is 22.8 Å². The number of rotatable bonds is 2. The maximum atomic E-state index is 12.9. The third kappa shape index (κ3) is 1.77. The highest BCUT2D eigenvalue weighted by Crippen LogP contribution is 2.41. The van der Waals surface area contributed by atoms with Gasteiger partial charge in [0.15, 0.2) is 0 Å². The van der Waals surface area contributed by atoms with Gasteiger partial charge in [-0.05, 0) is 18.6 Å². The summed E-state index contributed by atoms with van der Waals surface area (Å²) in [5.41, 5.74) is -1.40. The Bertz CT molecular complexity index is 523. The van der Waals surface area contributed by atoms with E-state index in [1.807, 2.05) is 0 Å². The van der Waals surface area contributed by atoms with Gasteiger partial charge in [0.1, 0.15) is 0 Å². The van der Waals surface area contributed by atoms with Crippen LogP contribution in [0.3, 0.4) is 0 Å². The van der Waals surface area contributed by atoms with Gasteiger partial charge >= 0.3 is 6.18 Å². The van der Waals surface area contributed by atoms with E-state index in [1.54, 1.807) is 6.92 Å². The molecule has 1 aromatic carbocycles. The topological polar surface area (TPSA) is 37.4 Å². The fourth-order valence-electron chi connectivity index (χ4n) is 2.02. The molecule has 2 rings (SSSR count). The number of carbonyl (C=O) groups is 2. The lowest BCUT2D eigenvalue weighted by Crippen LogP contribution is -2.31. The van der Waals surface area contributed by atoms with Crippen LogP contribution in [0.2, 0.25) is 0 Å². The Balaban J connectivity index is 2.65. The third-order valence-corrected chi connectivity index (χ3v) is 2.74. The second kappa shape index (κ2) is 4.12. The SMILES string of the molecule is CCCN1C(=O)C(=O)c2cccc(C(F)(F)F)c21. The molecular formula is C12H10F3NO2. The summed E-state index contributed by atoms with van der Waals surface area (Å²) in [5.74, 6) is -1.76. The quantitative estimate of drug-likeness (QED) is 0.764. The summed E-state index contributed by atoms with van der Waals surface area (Å²) in [6, 6.07) is 3.27. The number of Topliss-reactive ketones (excluding diaryl/α,β-unsaturated/α-hetero) is 1. The van der Waals surface area contributed by atoms with Gasteiger partial charge in [-0.3, -0.25) is 9.59 Å². The summed E-state index contributed by atoms with van der Waals surface area (Å²) in [4.78, 5) is 24.2. The second-order valence-corrected chi connectivity index (χ2v) is 3.99. The van der Waals surface area contributed by atoms with Gasteiger partial charge < -0.3 is 4.90 Å². The molecule has 0 bridgehead atoms. The average Bonchev–Trinajstić information content (AvgIpc) is 2.54. The number of halogens is 3. The highest BCUT2D eigenvalue weighted by molar-refractivity contribution is 6.52. The number of carbonyl (C=O) groups excluding carboxylic acids is 2. The second-order valence-electron chi connectivity index (χ2n) is 3.99. The maximum absolute atomic E-state index is 12.9. The molecule has 18 heavy (non-hydrogen) atoms. The molecule has 1 aliphatic rings. The van der Waals surface area contributed by atoms with E-state index in [2.05, 4.69) is 0 Å². The monoisotopic (exact) mass is 257 g/mol. The van der Waals surface area contributed by atoms with Crippen LogP contribution in [0.4, 0.5) is 18.9 Å². The lowest BCUT2D eigenvalue weighted by Gasteiger charge is -2.19. The van der Waals surface area contributed by atoms with Crippen molar-refractivity contribution < 1.29 is 22.8 Å². The molecule has 0 N–H and O–H groups in total. The number of benzene rings is 1. The van der Waals surface area contributed by atoms with Crippen molar-refractivity contribution in [2.75, 3.05) is 11.4 Å². The Morgan fingerprint density at radius 3 is 2.44 bits per heavy atom. The van der Waals surface area contributed by atoms with Crippen LogP contribution in [0.15, 0.2) is 18.2 Å². The van der Waals surface area contributed by atoms with Crippen LogP contribution in [0, 0.1) is 0 Å². The Morgan fingerprint density at radius 1 is 1.22 bits per heavy atom. The van der Waals surface area contributed by atoms with E-state index < -0.39 is 23.4 Å². The van der Waals surface area contributed by atoms with Crippen molar-refractivity contribution in [2.24, 2.45) is 0 Å². The van der Waals surface area contributed by atoms with E-state index in [1.165, 1.54) is 6.07 Å². The Morgan fingerprint density at radius 2 is 1.89 bits per heavy atom. The minimum absolute atomic E-state index is 0.102. The molecule has 1 aromatic rings. The maximum Gasteiger partial charge on any atom is 0.418 e. The molecule has 0 aliphatic carbocycles. The lowest BCUT2D eigenvalue weighted by molar-refractivity contribution is -0.137. The third-order valence-electron chi connectivity index (χ3n) is 2.74. The zero-order valence-corrected chi connectivity index (χ0v) is 9.54. The van der Waals surface area contributed by atoms with Gasteiger partial charge in [-0.15, -0.1) is 0 Å². The van der Waals surface area contributed by atoms with Crippen molar-refractivity contribution in [3.63, 3.8) is 0 Å². The summed E-state index contributed by atoms with van der Waals surface area (Å²) in [5, 5.41) is 0. The first-order valence-electron chi connectivity index (χ1n) is 5.44. The molecule has 0 atom stereocenters. The zero-order valence-electron chi connectivity index (χ0n) is 9.54. The van der Waals surface area contributed by atoms with Gasteiger partial charge in [0.05, 0.1) is 16.8 Å².